The van der Waals surface area contributed by atoms with E-state index in [1.807, 2.05) is 6.20 Å². The van der Waals surface area contributed by atoms with Gasteiger partial charge >= 0.3 is 0 Å². The van der Waals surface area contributed by atoms with E-state index in [1.54, 1.807) is 12.4 Å². The molecule has 0 fully saturated rings. The van der Waals surface area contributed by atoms with Crippen LogP contribution in [-0.2, 0) is 11.8 Å². The maximum atomic E-state index is 4.62. The molecule has 1 aromatic heterocycles. The summed E-state index contributed by atoms with van der Waals surface area (Å²) in [5.74, 6) is 0. The van der Waals surface area contributed by atoms with Crippen LogP contribution in [0.1, 0.15) is 43.5 Å². The molecular weight excluding hydrogens is 316 g/mol. The molecule has 0 radical (unpaired) electrons. The van der Waals surface area contributed by atoms with Crippen LogP contribution in [0.3, 0.4) is 0 Å². The van der Waals surface area contributed by atoms with Gasteiger partial charge < -0.3 is 0 Å². The molecule has 2 nitrogen and oxygen atoms in total. The van der Waals surface area contributed by atoms with Gasteiger partial charge in [0, 0.05) is 12.4 Å². The minimum atomic E-state index is 0.175. The molecule has 0 spiro atoms. The Morgan fingerprint density at radius 3 is 2.73 bits per heavy atom. The van der Waals surface area contributed by atoms with Crippen molar-refractivity contribution >= 4 is 22.4 Å². The Bertz CT molecular complexity index is 1170. The van der Waals surface area contributed by atoms with Crippen molar-refractivity contribution in [1.29, 1.82) is 0 Å². The third-order valence-corrected chi connectivity index (χ3v) is 5.97. The molecule has 128 valence electrons. The predicted octanol–water partition coefficient (Wildman–Crippen LogP) is 3.79. The van der Waals surface area contributed by atoms with Gasteiger partial charge in [0.25, 0.3) is 0 Å². The first-order valence-corrected chi connectivity index (χ1v) is 9.37. The summed E-state index contributed by atoms with van der Waals surface area (Å²) < 4.78 is 0. The molecule has 0 aliphatic heterocycles. The van der Waals surface area contributed by atoms with Crippen molar-refractivity contribution in [2.24, 2.45) is 0 Å². The maximum absolute atomic E-state index is 4.62. The van der Waals surface area contributed by atoms with Gasteiger partial charge in [-0.2, -0.15) is 0 Å². The molecule has 2 aromatic carbocycles. The Kier molecular flexibility index (Phi) is 3.36. The first-order valence-electron chi connectivity index (χ1n) is 9.37. The molecule has 0 N–H and O–H groups in total. The Balaban J connectivity index is 1.99. The number of nitrogens with zero attached hydrogens (tertiary/aromatic N) is 2. The monoisotopic (exact) mass is 338 g/mol. The van der Waals surface area contributed by atoms with E-state index >= 15 is 0 Å². The first kappa shape index (κ1) is 15.5. The van der Waals surface area contributed by atoms with E-state index in [9.17, 15) is 0 Å². The summed E-state index contributed by atoms with van der Waals surface area (Å²) in [6, 6.07) is 9.29. The topological polar surface area (TPSA) is 25.8 Å². The van der Waals surface area contributed by atoms with Crippen LogP contribution in [-0.4, -0.2) is 9.97 Å². The van der Waals surface area contributed by atoms with E-state index in [0.717, 1.165) is 25.0 Å². The van der Waals surface area contributed by atoms with Gasteiger partial charge in [-0.25, -0.2) is 0 Å². The summed E-state index contributed by atoms with van der Waals surface area (Å²) >= 11 is 0. The Hall–Kier alpha value is -2.74. The number of rotatable bonds is 1. The number of allylic oxidation sites excluding steroid dienone is 2. The predicted molar refractivity (Wildman–Crippen MR) is 107 cm³/mol. The lowest BCUT2D eigenvalue weighted by Crippen LogP contribution is -2.33. The van der Waals surface area contributed by atoms with Crippen LogP contribution in [0, 0.1) is 0 Å². The van der Waals surface area contributed by atoms with E-state index in [0.29, 0.717) is 0 Å². The minimum Gasteiger partial charge on any atom is -0.261 e. The SMILES string of the molecule is CC1(C)CCC(c2cnccn2)=c2c1ccc1c3c(ccc21)CC=CC=3. The summed E-state index contributed by atoms with van der Waals surface area (Å²) in [7, 11) is 0. The highest BCUT2D eigenvalue weighted by Gasteiger charge is 2.29. The smallest absolute Gasteiger partial charge is 0.0851 e. The zero-order valence-corrected chi connectivity index (χ0v) is 15.3. The van der Waals surface area contributed by atoms with Crippen molar-refractivity contribution in [3.05, 3.63) is 82.3 Å². The zero-order chi connectivity index (χ0) is 17.7. The van der Waals surface area contributed by atoms with Crippen LogP contribution in [0.4, 0.5) is 0 Å². The van der Waals surface area contributed by atoms with Gasteiger partial charge in [0.15, 0.2) is 0 Å². The second kappa shape index (κ2) is 5.63. The van der Waals surface area contributed by atoms with Crippen LogP contribution in [0.5, 0.6) is 0 Å². The van der Waals surface area contributed by atoms with E-state index in [2.05, 4.69) is 66.3 Å². The van der Waals surface area contributed by atoms with Gasteiger partial charge in [0.05, 0.1) is 11.9 Å². The Morgan fingerprint density at radius 2 is 1.88 bits per heavy atom. The molecular formula is C24H22N2. The van der Waals surface area contributed by atoms with Crippen molar-refractivity contribution in [3.63, 3.8) is 0 Å². The van der Waals surface area contributed by atoms with Crippen LogP contribution >= 0.6 is 0 Å². The highest BCUT2D eigenvalue weighted by atomic mass is 14.8. The van der Waals surface area contributed by atoms with Gasteiger partial charge in [0.2, 0.25) is 0 Å². The van der Waals surface area contributed by atoms with E-state index in [-0.39, 0.29) is 5.41 Å². The maximum Gasteiger partial charge on any atom is 0.0851 e. The summed E-state index contributed by atoms with van der Waals surface area (Å²) in [6.07, 6.45) is 15.3. The highest BCUT2D eigenvalue weighted by molar-refractivity contribution is 5.90. The van der Waals surface area contributed by atoms with Gasteiger partial charge in [-0.1, -0.05) is 56.3 Å². The van der Waals surface area contributed by atoms with Crippen molar-refractivity contribution in [1.82, 2.24) is 9.97 Å². The summed E-state index contributed by atoms with van der Waals surface area (Å²) in [5, 5.41) is 5.45. The number of hydrogen-bond acceptors (Lipinski definition) is 2. The van der Waals surface area contributed by atoms with Crippen molar-refractivity contribution in [2.45, 2.75) is 38.5 Å². The fourth-order valence-corrected chi connectivity index (χ4v) is 4.51. The molecule has 2 aliphatic rings. The van der Waals surface area contributed by atoms with Gasteiger partial charge in [-0.05, 0) is 62.6 Å². The molecule has 2 heteroatoms. The molecule has 2 aliphatic carbocycles. The van der Waals surface area contributed by atoms with Crippen molar-refractivity contribution < 1.29 is 0 Å². The van der Waals surface area contributed by atoms with Crippen molar-refractivity contribution in [2.75, 3.05) is 0 Å². The van der Waals surface area contributed by atoms with Crippen LogP contribution in [0.25, 0.3) is 22.4 Å². The lowest BCUT2D eigenvalue weighted by atomic mass is 9.72. The fourth-order valence-electron chi connectivity index (χ4n) is 4.51. The van der Waals surface area contributed by atoms with Crippen LogP contribution in [0.2, 0.25) is 0 Å². The third-order valence-electron chi connectivity index (χ3n) is 5.97. The fraction of sp³-hybridized carbons (Fsp3) is 0.250. The molecule has 3 aromatic rings. The molecule has 1 heterocycles. The zero-order valence-electron chi connectivity index (χ0n) is 15.3. The highest BCUT2D eigenvalue weighted by Crippen LogP contribution is 2.35. The quantitative estimate of drug-likeness (QED) is 0.675. The lowest BCUT2D eigenvalue weighted by Gasteiger charge is -2.32. The summed E-state index contributed by atoms with van der Waals surface area (Å²) in [6.45, 7) is 4.72. The number of aromatic nitrogens is 2. The standard InChI is InChI=1S/C24H22N2/c1-24(2)12-11-20(22-15-25-13-14-26-22)23-19-8-7-16-5-3-4-6-17(16)18(19)9-10-21(23)24/h3-4,6-10,13-15H,5,11-12H2,1-2H3. The van der Waals surface area contributed by atoms with Gasteiger partial charge in [-0.15, -0.1) is 0 Å². The number of benzene rings is 2. The van der Waals surface area contributed by atoms with Crippen molar-refractivity contribution in [3.8, 4) is 0 Å². The molecule has 0 saturated heterocycles. The minimum absolute atomic E-state index is 0.175. The normalized spacial score (nSPS) is 17.5. The lowest BCUT2D eigenvalue weighted by molar-refractivity contribution is 0.475. The Morgan fingerprint density at radius 1 is 1.00 bits per heavy atom. The number of fused-ring (bicyclic) bond motifs is 5. The second-order valence-electron chi connectivity index (χ2n) is 7.97. The molecule has 26 heavy (non-hydrogen) atoms. The summed E-state index contributed by atoms with van der Waals surface area (Å²) in [5.41, 5.74) is 5.37. The van der Waals surface area contributed by atoms with Crippen LogP contribution in [0.15, 0.2) is 55.0 Å². The van der Waals surface area contributed by atoms with E-state index in [1.165, 1.54) is 37.9 Å². The molecule has 0 saturated carbocycles. The largest absolute Gasteiger partial charge is 0.261 e. The average molecular weight is 338 g/mol. The molecule has 0 amide bonds. The second-order valence-corrected chi connectivity index (χ2v) is 7.97. The molecule has 0 bridgehead atoms. The van der Waals surface area contributed by atoms with Gasteiger partial charge in [0.1, 0.15) is 0 Å². The van der Waals surface area contributed by atoms with Gasteiger partial charge in [-0.3, -0.25) is 9.97 Å². The van der Waals surface area contributed by atoms with E-state index in [4.69, 9.17) is 0 Å². The van der Waals surface area contributed by atoms with E-state index < -0.39 is 0 Å². The first-order chi connectivity index (χ1) is 12.6. The Labute approximate surface area is 153 Å². The molecule has 5 rings (SSSR count). The molecule has 0 unspecified atom stereocenters. The summed E-state index contributed by atoms with van der Waals surface area (Å²) in [4.78, 5) is 8.95. The van der Waals surface area contributed by atoms with Crippen LogP contribution < -0.4 is 10.4 Å². The number of hydrogen-bond donors (Lipinski definition) is 0. The average Bonchev–Trinajstić information content (AvgIpc) is 2.68. The molecule has 0 atom stereocenters. The third kappa shape index (κ3) is 2.25.